The van der Waals surface area contributed by atoms with Gasteiger partial charge in [-0.25, -0.2) is 0 Å². The van der Waals surface area contributed by atoms with Gasteiger partial charge in [-0.15, -0.1) is 11.6 Å². The molecule has 5 heteroatoms. The molecule has 4 nitrogen and oxygen atoms in total. The van der Waals surface area contributed by atoms with Crippen LogP contribution >= 0.6 is 0 Å². The first-order valence-corrected chi connectivity index (χ1v) is 5.12. The van der Waals surface area contributed by atoms with E-state index in [2.05, 4.69) is 16.0 Å². The quantitative estimate of drug-likeness (QED) is 0.528. The van der Waals surface area contributed by atoms with Gasteiger partial charge in [-0.05, 0) is 0 Å². The Balaban J connectivity index is 0. The van der Waals surface area contributed by atoms with Crippen LogP contribution < -0.4 is 10.5 Å². The van der Waals surface area contributed by atoms with E-state index in [-0.39, 0.29) is 32.7 Å². The van der Waals surface area contributed by atoms with E-state index < -0.39 is 0 Å². The van der Waals surface area contributed by atoms with Crippen molar-refractivity contribution in [3.05, 3.63) is 35.9 Å². The fourth-order valence-electron chi connectivity index (χ4n) is 0.818. The standard InChI is InChI=1S/C10H12N3O.C2H6.Y/c1-8-3-4-10(13-6-8)14-9(5-11)7-12-2;1-2;/h4-7H,11H2,1-2H3;1-2H3;/q-1;;/b9-5+,12-7?;;. The number of hydrogen-bond donors (Lipinski definition) is 1. The van der Waals surface area contributed by atoms with Crippen molar-refractivity contribution < 1.29 is 37.4 Å². The molecule has 0 bridgehead atoms. The molecule has 0 aromatic carbocycles. The Morgan fingerprint density at radius 1 is 1.53 bits per heavy atom. The molecule has 0 amide bonds. The minimum atomic E-state index is 0. The van der Waals surface area contributed by atoms with Gasteiger partial charge in [0.25, 0.3) is 0 Å². The molecule has 1 rings (SSSR count). The molecule has 0 unspecified atom stereocenters. The summed E-state index contributed by atoms with van der Waals surface area (Å²) in [5, 5.41) is 0. The van der Waals surface area contributed by atoms with Gasteiger partial charge < -0.3 is 15.5 Å². The van der Waals surface area contributed by atoms with E-state index in [0.29, 0.717) is 11.6 Å². The summed E-state index contributed by atoms with van der Waals surface area (Å²) in [5.41, 5.74) is 6.28. The Bertz CT molecular complexity index is 347. The minimum absolute atomic E-state index is 0. The van der Waals surface area contributed by atoms with Crippen molar-refractivity contribution in [2.24, 2.45) is 10.7 Å². The van der Waals surface area contributed by atoms with Crippen molar-refractivity contribution in [3.8, 4) is 5.88 Å². The predicted octanol–water partition coefficient (Wildman–Crippen LogP) is 2.09. The van der Waals surface area contributed by atoms with Crippen molar-refractivity contribution in [2.75, 3.05) is 7.05 Å². The Morgan fingerprint density at radius 2 is 2.18 bits per heavy atom. The number of aryl methyl sites for hydroxylation is 1. The molecule has 1 heterocycles. The van der Waals surface area contributed by atoms with Crippen LogP contribution in [0.1, 0.15) is 19.4 Å². The summed E-state index contributed by atoms with van der Waals surface area (Å²) in [6.45, 7) is 5.91. The first kappa shape index (κ1) is 18.6. The predicted molar refractivity (Wildman–Crippen MR) is 66.5 cm³/mol. The maximum absolute atomic E-state index is 5.32. The number of nitrogens with zero attached hydrogens (tertiary/aromatic N) is 2. The first-order chi connectivity index (χ1) is 7.76. The Kier molecular flexibility index (Phi) is 12.9. The van der Waals surface area contributed by atoms with Gasteiger partial charge in [0.15, 0.2) is 0 Å². The molecular weight excluding hydrogens is 291 g/mol. The van der Waals surface area contributed by atoms with Crippen LogP contribution in [0.2, 0.25) is 0 Å². The molecule has 1 radical (unpaired) electrons. The molecule has 0 saturated carbocycles. The van der Waals surface area contributed by atoms with Crippen molar-refractivity contribution in [3.63, 3.8) is 0 Å². The third-order valence-electron chi connectivity index (χ3n) is 1.45. The third kappa shape index (κ3) is 8.05. The molecule has 1 aromatic heterocycles. The van der Waals surface area contributed by atoms with Crippen LogP contribution in [0.4, 0.5) is 0 Å². The first-order valence-electron chi connectivity index (χ1n) is 5.12. The smallest absolute Gasteiger partial charge is 0.146 e. The van der Waals surface area contributed by atoms with Gasteiger partial charge in [0.2, 0.25) is 0 Å². The number of aromatic nitrogens is 1. The third-order valence-corrected chi connectivity index (χ3v) is 1.45. The number of rotatable bonds is 3. The van der Waals surface area contributed by atoms with E-state index in [4.69, 9.17) is 10.5 Å². The Morgan fingerprint density at radius 3 is 2.59 bits per heavy atom. The molecule has 0 spiro atoms. The van der Waals surface area contributed by atoms with Crippen LogP contribution in [-0.4, -0.2) is 18.2 Å². The number of ether oxygens (including phenoxy) is 1. The van der Waals surface area contributed by atoms with Crippen molar-refractivity contribution in [1.82, 2.24) is 4.98 Å². The number of nitrogens with two attached hydrogens (primary N) is 1. The average Bonchev–Trinajstić information content (AvgIpc) is 2.34. The fraction of sp³-hybridized carbons (Fsp3) is 0.333. The summed E-state index contributed by atoms with van der Waals surface area (Å²) in [6, 6.07) is 4.63. The van der Waals surface area contributed by atoms with Gasteiger partial charge in [0.05, 0.1) is 6.21 Å². The van der Waals surface area contributed by atoms with Gasteiger partial charge >= 0.3 is 0 Å². The van der Waals surface area contributed by atoms with Crippen LogP contribution in [0, 0.1) is 13.0 Å². The Hall–Kier alpha value is -0.736. The zero-order valence-corrected chi connectivity index (χ0v) is 13.6. The molecule has 0 saturated heterocycles. The molecule has 0 aliphatic carbocycles. The van der Waals surface area contributed by atoms with Crippen molar-refractivity contribution >= 4 is 6.21 Å². The minimum Gasteiger partial charge on any atom is -0.496 e. The van der Waals surface area contributed by atoms with Crippen LogP contribution in [-0.2, 0) is 32.7 Å². The number of pyridine rings is 1. The van der Waals surface area contributed by atoms with Crippen molar-refractivity contribution in [1.29, 1.82) is 0 Å². The zero-order valence-electron chi connectivity index (χ0n) is 10.8. The maximum Gasteiger partial charge on any atom is 0.146 e. The van der Waals surface area contributed by atoms with E-state index in [9.17, 15) is 0 Å². The van der Waals surface area contributed by atoms with E-state index in [0.717, 1.165) is 5.56 Å². The Labute approximate surface area is 128 Å². The second-order valence-electron chi connectivity index (χ2n) is 2.63. The van der Waals surface area contributed by atoms with E-state index in [1.807, 2.05) is 20.8 Å². The molecular formula is C12H18N3OY-. The summed E-state index contributed by atoms with van der Waals surface area (Å²) in [4.78, 5) is 7.82. The summed E-state index contributed by atoms with van der Waals surface area (Å²) in [5.74, 6) is 0.907. The topological polar surface area (TPSA) is 60.5 Å². The molecule has 1 aromatic rings. The molecule has 0 aliphatic heterocycles. The van der Waals surface area contributed by atoms with E-state index >= 15 is 0 Å². The number of aliphatic imine (C=N–C) groups is 1. The fourth-order valence-corrected chi connectivity index (χ4v) is 0.818. The monoisotopic (exact) mass is 309 g/mol. The SMILES string of the molecule is CC.CN=C/C(=C\N)Oc1c[c-]c(C)cn1.[Y]. The van der Waals surface area contributed by atoms with Crippen LogP contribution in [0.3, 0.4) is 0 Å². The average molecular weight is 309 g/mol. The molecule has 91 valence electrons. The number of allylic oxidation sites excluding steroid dienone is 1. The summed E-state index contributed by atoms with van der Waals surface area (Å²) < 4.78 is 5.30. The van der Waals surface area contributed by atoms with Gasteiger partial charge in [0, 0.05) is 46.0 Å². The van der Waals surface area contributed by atoms with Gasteiger partial charge in [-0.3, -0.25) is 4.99 Å². The van der Waals surface area contributed by atoms with E-state index in [1.165, 1.54) is 12.4 Å². The molecule has 0 fully saturated rings. The summed E-state index contributed by atoms with van der Waals surface area (Å²) in [7, 11) is 1.64. The largest absolute Gasteiger partial charge is 0.496 e. The summed E-state index contributed by atoms with van der Waals surface area (Å²) >= 11 is 0. The van der Waals surface area contributed by atoms with Crippen LogP contribution in [0.5, 0.6) is 5.88 Å². The zero-order chi connectivity index (χ0) is 12.4. The molecule has 17 heavy (non-hydrogen) atoms. The molecule has 2 N–H and O–H groups in total. The van der Waals surface area contributed by atoms with Gasteiger partial charge in [-0.2, -0.15) is 6.07 Å². The van der Waals surface area contributed by atoms with Crippen LogP contribution in [0.15, 0.2) is 29.2 Å². The summed E-state index contributed by atoms with van der Waals surface area (Å²) in [6.07, 6.45) is 4.52. The molecule has 0 atom stereocenters. The second-order valence-corrected chi connectivity index (χ2v) is 2.63. The maximum atomic E-state index is 5.32. The van der Waals surface area contributed by atoms with E-state index in [1.54, 1.807) is 19.3 Å². The van der Waals surface area contributed by atoms with Gasteiger partial charge in [-0.1, -0.05) is 27.0 Å². The molecule has 0 aliphatic rings. The van der Waals surface area contributed by atoms with Crippen LogP contribution in [0.25, 0.3) is 0 Å². The number of hydrogen-bond acceptors (Lipinski definition) is 4. The van der Waals surface area contributed by atoms with Crippen molar-refractivity contribution in [2.45, 2.75) is 20.8 Å². The second kappa shape index (κ2) is 11.7. The van der Waals surface area contributed by atoms with Gasteiger partial charge in [0.1, 0.15) is 11.6 Å². The normalized spacial score (nSPS) is 10.2.